The van der Waals surface area contributed by atoms with Gasteiger partial charge in [0.25, 0.3) is 0 Å². The fourth-order valence-corrected chi connectivity index (χ4v) is 5.07. The lowest BCUT2D eigenvalue weighted by molar-refractivity contribution is 0.302. The second-order valence-electron chi connectivity index (χ2n) is 9.42. The molecule has 0 radical (unpaired) electrons. The summed E-state index contributed by atoms with van der Waals surface area (Å²) in [6.07, 6.45) is 16.3. The molecule has 160 valence electrons. The topological polar surface area (TPSA) is 23.8 Å². The summed E-state index contributed by atoms with van der Waals surface area (Å²) in [6, 6.07) is 17.9. The van der Waals surface area contributed by atoms with Gasteiger partial charge in [-0.15, -0.1) is 0 Å². The Morgan fingerprint density at radius 3 is 2.17 bits per heavy atom. The molecule has 0 heterocycles. The Morgan fingerprint density at radius 1 is 0.833 bits per heavy atom. The molecule has 1 aliphatic rings. The van der Waals surface area contributed by atoms with Crippen molar-refractivity contribution in [3.63, 3.8) is 0 Å². The summed E-state index contributed by atoms with van der Waals surface area (Å²) in [5, 5.41) is 9.08. The maximum absolute atomic E-state index is 9.08. The van der Waals surface area contributed by atoms with Crippen molar-refractivity contribution in [3.05, 3.63) is 70.3 Å². The third-order valence-electron chi connectivity index (χ3n) is 7.13. The minimum Gasteiger partial charge on any atom is -0.192 e. The molecular weight excluding hydrogens is 362 g/mol. The number of aryl methyl sites for hydroxylation is 3. The molecule has 2 aromatic carbocycles. The van der Waals surface area contributed by atoms with E-state index in [0.717, 1.165) is 35.8 Å². The molecule has 1 aliphatic carbocycles. The number of nitrogens with zero attached hydrogens (tertiary/aromatic N) is 1. The summed E-state index contributed by atoms with van der Waals surface area (Å²) in [5.74, 6) is 1.76. The van der Waals surface area contributed by atoms with Crippen molar-refractivity contribution in [1.82, 2.24) is 0 Å². The first-order valence-electron chi connectivity index (χ1n) is 12.3. The largest absolute Gasteiger partial charge is 0.192 e. The van der Waals surface area contributed by atoms with Crippen LogP contribution in [0.2, 0.25) is 0 Å². The van der Waals surface area contributed by atoms with Gasteiger partial charge in [0, 0.05) is 0 Å². The van der Waals surface area contributed by atoms with E-state index in [1.165, 1.54) is 75.3 Å². The average molecular weight is 402 g/mol. The maximum atomic E-state index is 9.08. The van der Waals surface area contributed by atoms with Crippen molar-refractivity contribution in [2.75, 3.05) is 0 Å². The summed E-state index contributed by atoms with van der Waals surface area (Å²) < 4.78 is 0. The van der Waals surface area contributed by atoms with Crippen LogP contribution in [0.3, 0.4) is 0 Å². The molecule has 0 unspecified atom stereocenters. The van der Waals surface area contributed by atoms with Gasteiger partial charge < -0.3 is 0 Å². The number of hydrogen-bond donors (Lipinski definition) is 0. The van der Waals surface area contributed by atoms with Gasteiger partial charge >= 0.3 is 0 Å². The minimum atomic E-state index is 0.775. The number of rotatable bonds is 10. The fraction of sp³-hybridized carbons (Fsp3) is 0.552. The van der Waals surface area contributed by atoms with Gasteiger partial charge in [0.05, 0.1) is 11.6 Å². The highest BCUT2D eigenvalue weighted by Gasteiger charge is 2.22. The van der Waals surface area contributed by atoms with Crippen molar-refractivity contribution < 1.29 is 0 Å². The van der Waals surface area contributed by atoms with E-state index in [2.05, 4.69) is 49.4 Å². The number of unbranched alkanes of at least 4 members (excludes halogenated alkanes) is 4. The Hall–Kier alpha value is -2.07. The summed E-state index contributed by atoms with van der Waals surface area (Å²) >= 11 is 0. The van der Waals surface area contributed by atoms with E-state index < -0.39 is 0 Å². The SMILES string of the molecule is CCCCCCCC1CCC(c2ccc(CCc3ccc(C#N)c(C)c3)cc2)CC1. The van der Waals surface area contributed by atoms with E-state index in [-0.39, 0.29) is 0 Å². The highest BCUT2D eigenvalue weighted by atomic mass is 14.3. The van der Waals surface area contributed by atoms with Gasteiger partial charge in [0.1, 0.15) is 0 Å². The van der Waals surface area contributed by atoms with Crippen molar-refractivity contribution in [2.24, 2.45) is 5.92 Å². The van der Waals surface area contributed by atoms with Crippen molar-refractivity contribution >= 4 is 0 Å². The van der Waals surface area contributed by atoms with Gasteiger partial charge in [-0.1, -0.05) is 81.8 Å². The smallest absolute Gasteiger partial charge is 0.0994 e. The first-order valence-corrected chi connectivity index (χ1v) is 12.3. The zero-order valence-corrected chi connectivity index (χ0v) is 19.1. The van der Waals surface area contributed by atoms with Crippen LogP contribution in [-0.4, -0.2) is 0 Å². The van der Waals surface area contributed by atoms with E-state index in [4.69, 9.17) is 5.26 Å². The standard InChI is InChI=1S/C29H39N/c1-3-4-5-6-7-8-24-11-16-27(17-12-24)28-18-13-25(14-19-28)9-10-26-15-20-29(22-30)23(2)21-26/h13-15,18-21,24,27H,3-12,16-17H2,1-2H3. The molecule has 0 aromatic heterocycles. The van der Waals surface area contributed by atoms with Crippen LogP contribution >= 0.6 is 0 Å². The Bertz CT molecular complexity index is 803. The van der Waals surface area contributed by atoms with Crippen LogP contribution in [0.25, 0.3) is 0 Å². The summed E-state index contributed by atoms with van der Waals surface area (Å²) in [4.78, 5) is 0. The molecule has 1 fully saturated rings. The summed E-state index contributed by atoms with van der Waals surface area (Å²) in [5.41, 5.74) is 6.16. The van der Waals surface area contributed by atoms with Crippen LogP contribution in [0.1, 0.15) is 105 Å². The molecule has 0 aliphatic heterocycles. The third-order valence-corrected chi connectivity index (χ3v) is 7.13. The van der Waals surface area contributed by atoms with Gasteiger partial charge in [-0.05, 0) is 85.6 Å². The molecule has 0 N–H and O–H groups in total. The fourth-order valence-electron chi connectivity index (χ4n) is 5.07. The lowest BCUT2D eigenvalue weighted by atomic mass is 9.77. The van der Waals surface area contributed by atoms with E-state index in [1.807, 2.05) is 13.0 Å². The number of benzene rings is 2. The van der Waals surface area contributed by atoms with Crippen molar-refractivity contribution in [1.29, 1.82) is 5.26 Å². The number of nitriles is 1. The van der Waals surface area contributed by atoms with E-state index in [0.29, 0.717) is 0 Å². The highest BCUT2D eigenvalue weighted by molar-refractivity contribution is 5.39. The van der Waals surface area contributed by atoms with Crippen LogP contribution in [0.5, 0.6) is 0 Å². The molecular formula is C29H39N. The minimum absolute atomic E-state index is 0.775. The Balaban J connectivity index is 1.41. The maximum Gasteiger partial charge on any atom is 0.0994 e. The summed E-state index contributed by atoms with van der Waals surface area (Å²) in [6.45, 7) is 4.32. The highest BCUT2D eigenvalue weighted by Crippen LogP contribution is 2.37. The predicted molar refractivity (Wildman–Crippen MR) is 128 cm³/mol. The summed E-state index contributed by atoms with van der Waals surface area (Å²) in [7, 11) is 0. The van der Waals surface area contributed by atoms with Crippen LogP contribution in [0, 0.1) is 24.2 Å². The lowest BCUT2D eigenvalue weighted by Crippen LogP contribution is -2.13. The zero-order chi connectivity index (χ0) is 21.2. The molecule has 1 heteroatoms. The first kappa shape index (κ1) is 22.6. The van der Waals surface area contributed by atoms with Crippen LogP contribution < -0.4 is 0 Å². The molecule has 1 saturated carbocycles. The van der Waals surface area contributed by atoms with Gasteiger partial charge in [-0.3, -0.25) is 0 Å². The molecule has 0 amide bonds. The Morgan fingerprint density at radius 2 is 1.50 bits per heavy atom. The van der Waals surface area contributed by atoms with E-state index in [1.54, 1.807) is 5.56 Å². The molecule has 3 rings (SSSR count). The Labute approximate surface area is 184 Å². The zero-order valence-electron chi connectivity index (χ0n) is 19.1. The third kappa shape index (κ3) is 6.73. The molecule has 1 nitrogen and oxygen atoms in total. The second-order valence-corrected chi connectivity index (χ2v) is 9.42. The quantitative estimate of drug-likeness (QED) is 0.367. The van der Waals surface area contributed by atoms with Crippen LogP contribution in [0.15, 0.2) is 42.5 Å². The van der Waals surface area contributed by atoms with Crippen LogP contribution in [0.4, 0.5) is 0 Å². The lowest BCUT2D eigenvalue weighted by Gasteiger charge is -2.29. The van der Waals surface area contributed by atoms with Gasteiger partial charge in [-0.25, -0.2) is 0 Å². The van der Waals surface area contributed by atoms with Crippen LogP contribution in [-0.2, 0) is 12.8 Å². The molecule has 2 aromatic rings. The average Bonchev–Trinajstić information content (AvgIpc) is 2.78. The normalized spacial score (nSPS) is 18.8. The van der Waals surface area contributed by atoms with Crippen molar-refractivity contribution in [3.8, 4) is 6.07 Å². The van der Waals surface area contributed by atoms with Gasteiger partial charge in [-0.2, -0.15) is 5.26 Å². The molecule has 0 bridgehead atoms. The Kier molecular flexibility index (Phi) is 9.00. The first-order chi connectivity index (χ1) is 14.7. The van der Waals surface area contributed by atoms with Crippen molar-refractivity contribution in [2.45, 2.75) is 96.8 Å². The molecule has 0 atom stereocenters. The van der Waals surface area contributed by atoms with Gasteiger partial charge in [0.15, 0.2) is 0 Å². The van der Waals surface area contributed by atoms with E-state index >= 15 is 0 Å². The second kappa shape index (κ2) is 11.9. The predicted octanol–water partition coefficient (Wildman–Crippen LogP) is 8.29. The molecule has 0 saturated heterocycles. The van der Waals surface area contributed by atoms with E-state index in [9.17, 15) is 0 Å². The monoisotopic (exact) mass is 401 g/mol. The molecule has 30 heavy (non-hydrogen) atoms. The molecule has 0 spiro atoms. The number of hydrogen-bond acceptors (Lipinski definition) is 1. The van der Waals surface area contributed by atoms with Gasteiger partial charge in [0.2, 0.25) is 0 Å².